The molecular weight excluding hydrogens is 264 g/mol. The van der Waals surface area contributed by atoms with E-state index in [1.807, 2.05) is 20.8 Å². The molecular formula is C17H26N2O2. The first-order valence-electron chi connectivity index (χ1n) is 7.60. The van der Waals surface area contributed by atoms with Gasteiger partial charge in [-0.05, 0) is 52.6 Å². The van der Waals surface area contributed by atoms with Gasteiger partial charge in [0.2, 0.25) is 0 Å². The Bertz CT molecular complexity index is 483. The predicted molar refractivity (Wildman–Crippen MR) is 84.3 cm³/mol. The number of carbonyl (C=O) groups is 1. The molecule has 4 nitrogen and oxygen atoms in total. The van der Waals surface area contributed by atoms with Crippen LogP contribution in [0.3, 0.4) is 0 Å². The number of hydrogen-bond acceptors (Lipinski definition) is 3. The second-order valence-corrected chi connectivity index (χ2v) is 6.83. The number of amides is 1. The van der Waals surface area contributed by atoms with Crippen LogP contribution in [0.1, 0.15) is 44.7 Å². The highest BCUT2D eigenvalue weighted by Gasteiger charge is 2.35. The topological polar surface area (TPSA) is 50.4 Å². The summed E-state index contributed by atoms with van der Waals surface area (Å²) >= 11 is 0. The Labute approximate surface area is 127 Å². The van der Waals surface area contributed by atoms with Crippen molar-refractivity contribution in [2.45, 2.75) is 51.7 Å². The van der Waals surface area contributed by atoms with Crippen molar-refractivity contribution < 1.29 is 9.53 Å². The highest BCUT2D eigenvalue weighted by atomic mass is 16.6. The van der Waals surface area contributed by atoms with E-state index in [1.54, 1.807) is 0 Å². The standard InChI is InChI=1S/C17H26N2O2/c1-13-6-8-14(9-7-13)17(10-5-11-19-17)12-18-15(20)21-16(2,3)4/h6-9,19H,5,10-12H2,1-4H3,(H,18,20). The third kappa shape index (κ3) is 4.21. The van der Waals surface area contributed by atoms with E-state index in [0.29, 0.717) is 6.54 Å². The normalized spacial score (nSPS) is 22.1. The van der Waals surface area contributed by atoms with Crippen LogP contribution in [0, 0.1) is 6.92 Å². The Kier molecular flexibility index (Phi) is 4.57. The lowest BCUT2D eigenvalue weighted by Crippen LogP contribution is -2.48. The molecule has 1 saturated heterocycles. The molecule has 21 heavy (non-hydrogen) atoms. The van der Waals surface area contributed by atoms with Gasteiger partial charge in [0.25, 0.3) is 0 Å². The molecule has 1 aliphatic heterocycles. The molecule has 1 amide bonds. The predicted octanol–water partition coefficient (Wildman–Crippen LogP) is 3.10. The van der Waals surface area contributed by atoms with E-state index in [2.05, 4.69) is 41.8 Å². The number of alkyl carbamates (subject to hydrolysis) is 1. The van der Waals surface area contributed by atoms with Crippen molar-refractivity contribution in [2.75, 3.05) is 13.1 Å². The maximum absolute atomic E-state index is 11.9. The zero-order valence-electron chi connectivity index (χ0n) is 13.5. The van der Waals surface area contributed by atoms with E-state index < -0.39 is 5.60 Å². The summed E-state index contributed by atoms with van der Waals surface area (Å²) in [7, 11) is 0. The lowest BCUT2D eigenvalue weighted by Gasteiger charge is -2.31. The molecule has 0 aromatic heterocycles. The maximum Gasteiger partial charge on any atom is 0.407 e. The summed E-state index contributed by atoms with van der Waals surface area (Å²) in [6, 6.07) is 8.52. The van der Waals surface area contributed by atoms with Crippen molar-refractivity contribution >= 4 is 6.09 Å². The van der Waals surface area contributed by atoms with Gasteiger partial charge in [-0.25, -0.2) is 4.79 Å². The van der Waals surface area contributed by atoms with Crippen LogP contribution in [0.2, 0.25) is 0 Å². The summed E-state index contributed by atoms with van der Waals surface area (Å²) in [5, 5.41) is 6.47. The van der Waals surface area contributed by atoms with Gasteiger partial charge in [0.05, 0.1) is 5.54 Å². The quantitative estimate of drug-likeness (QED) is 0.899. The van der Waals surface area contributed by atoms with Crippen LogP contribution < -0.4 is 10.6 Å². The van der Waals surface area contributed by atoms with Crippen LogP contribution in [-0.2, 0) is 10.3 Å². The average Bonchev–Trinajstić information content (AvgIpc) is 2.85. The molecule has 0 spiro atoms. The van der Waals surface area contributed by atoms with Crippen molar-refractivity contribution in [3.05, 3.63) is 35.4 Å². The highest BCUT2D eigenvalue weighted by molar-refractivity contribution is 5.67. The number of ether oxygens (including phenoxy) is 1. The first kappa shape index (κ1) is 15.8. The fourth-order valence-electron chi connectivity index (χ4n) is 2.72. The van der Waals surface area contributed by atoms with E-state index in [-0.39, 0.29) is 11.6 Å². The zero-order valence-corrected chi connectivity index (χ0v) is 13.5. The van der Waals surface area contributed by atoms with Gasteiger partial charge in [-0.1, -0.05) is 29.8 Å². The fourth-order valence-corrected chi connectivity index (χ4v) is 2.72. The molecule has 0 aliphatic carbocycles. The molecule has 1 unspecified atom stereocenters. The van der Waals surface area contributed by atoms with Gasteiger partial charge >= 0.3 is 6.09 Å². The largest absolute Gasteiger partial charge is 0.444 e. The molecule has 2 rings (SSSR count). The summed E-state index contributed by atoms with van der Waals surface area (Å²) in [6.07, 6.45) is 1.78. The highest BCUT2D eigenvalue weighted by Crippen LogP contribution is 2.30. The van der Waals surface area contributed by atoms with Crippen LogP contribution in [0.25, 0.3) is 0 Å². The van der Waals surface area contributed by atoms with Gasteiger partial charge in [-0.2, -0.15) is 0 Å². The van der Waals surface area contributed by atoms with Crippen LogP contribution >= 0.6 is 0 Å². The Morgan fingerprint density at radius 3 is 2.52 bits per heavy atom. The molecule has 116 valence electrons. The molecule has 2 N–H and O–H groups in total. The Balaban J connectivity index is 2.06. The second-order valence-electron chi connectivity index (χ2n) is 6.83. The Morgan fingerprint density at radius 2 is 2.00 bits per heavy atom. The minimum absolute atomic E-state index is 0.176. The van der Waals surface area contributed by atoms with Crippen molar-refractivity contribution in [1.82, 2.24) is 10.6 Å². The van der Waals surface area contributed by atoms with Gasteiger partial charge in [0, 0.05) is 6.54 Å². The number of benzene rings is 1. The third-order valence-corrected chi connectivity index (χ3v) is 3.78. The summed E-state index contributed by atoms with van der Waals surface area (Å²) in [6.45, 7) is 9.22. The van der Waals surface area contributed by atoms with Gasteiger partial charge in [-0.3, -0.25) is 0 Å². The molecule has 1 heterocycles. The van der Waals surface area contributed by atoms with E-state index in [1.165, 1.54) is 11.1 Å². The third-order valence-electron chi connectivity index (χ3n) is 3.78. The molecule has 0 bridgehead atoms. The Morgan fingerprint density at radius 1 is 1.33 bits per heavy atom. The van der Waals surface area contributed by atoms with Gasteiger partial charge in [-0.15, -0.1) is 0 Å². The summed E-state index contributed by atoms with van der Waals surface area (Å²) in [5.74, 6) is 0. The number of nitrogens with one attached hydrogen (secondary N) is 2. The SMILES string of the molecule is Cc1ccc(C2(CNC(=O)OC(C)(C)C)CCCN2)cc1. The van der Waals surface area contributed by atoms with Crippen molar-refractivity contribution in [3.8, 4) is 0 Å². The number of hydrogen-bond donors (Lipinski definition) is 2. The van der Waals surface area contributed by atoms with E-state index >= 15 is 0 Å². The second kappa shape index (κ2) is 6.06. The van der Waals surface area contributed by atoms with Crippen molar-refractivity contribution in [2.24, 2.45) is 0 Å². The minimum Gasteiger partial charge on any atom is -0.444 e. The van der Waals surface area contributed by atoms with E-state index in [4.69, 9.17) is 4.74 Å². The van der Waals surface area contributed by atoms with Crippen molar-refractivity contribution in [1.29, 1.82) is 0 Å². The summed E-state index contributed by atoms with van der Waals surface area (Å²) in [5.41, 5.74) is 1.82. The lowest BCUT2D eigenvalue weighted by atomic mass is 9.88. The average molecular weight is 290 g/mol. The summed E-state index contributed by atoms with van der Waals surface area (Å²) < 4.78 is 5.32. The van der Waals surface area contributed by atoms with Crippen LogP contribution in [0.15, 0.2) is 24.3 Å². The Hall–Kier alpha value is -1.55. The number of rotatable bonds is 3. The summed E-state index contributed by atoms with van der Waals surface area (Å²) in [4.78, 5) is 11.9. The maximum atomic E-state index is 11.9. The molecule has 1 atom stereocenters. The van der Waals surface area contributed by atoms with Crippen molar-refractivity contribution in [3.63, 3.8) is 0 Å². The van der Waals surface area contributed by atoms with E-state index in [0.717, 1.165) is 19.4 Å². The van der Waals surface area contributed by atoms with Gasteiger partial charge < -0.3 is 15.4 Å². The van der Waals surface area contributed by atoms with Gasteiger partial charge in [0.1, 0.15) is 5.60 Å². The van der Waals surface area contributed by atoms with E-state index in [9.17, 15) is 4.79 Å². The zero-order chi connectivity index (χ0) is 15.5. The molecule has 1 aliphatic rings. The monoisotopic (exact) mass is 290 g/mol. The number of aryl methyl sites for hydroxylation is 1. The van der Waals surface area contributed by atoms with Gasteiger partial charge in [0.15, 0.2) is 0 Å². The first-order chi connectivity index (χ1) is 9.81. The molecule has 1 fully saturated rings. The molecule has 1 aromatic carbocycles. The first-order valence-corrected chi connectivity index (χ1v) is 7.60. The lowest BCUT2D eigenvalue weighted by molar-refractivity contribution is 0.0511. The van der Waals surface area contributed by atoms with Crippen LogP contribution in [0.5, 0.6) is 0 Å². The van der Waals surface area contributed by atoms with Crippen LogP contribution in [-0.4, -0.2) is 24.8 Å². The molecule has 0 radical (unpaired) electrons. The fraction of sp³-hybridized carbons (Fsp3) is 0.588. The molecule has 0 saturated carbocycles. The smallest absolute Gasteiger partial charge is 0.407 e. The molecule has 1 aromatic rings. The minimum atomic E-state index is -0.468. The van der Waals surface area contributed by atoms with Crippen LogP contribution in [0.4, 0.5) is 4.79 Å². The molecule has 4 heteroatoms. The number of carbonyl (C=O) groups excluding carboxylic acids is 1.